The van der Waals surface area contributed by atoms with Crippen molar-refractivity contribution < 1.29 is 24.2 Å². The average Bonchev–Trinajstić information content (AvgIpc) is 2.60. The summed E-state index contributed by atoms with van der Waals surface area (Å²) in [7, 11) is 1.46. The summed E-state index contributed by atoms with van der Waals surface area (Å²) in [5.41, 5.74) is 1.22. The number of carboxylic acid groups (broad SMARTS) is 1. The lowest BCUT2D eigenvalue weighted by atomic mass is 10.1. The zero-order valence-electron chi connectivity index (χ0n) is 13.1. The van der Waals surface area contributed by atoms with Crippen LogP contribution in [0.25, 0.3) is 0 Å². The van der Waals surface area contributed by atoms with Gasteiger partial charge in [0.05, 0.1) is 25.3 Å². The maximum absolute atomic E-state index is 12.0. The molecule has 1 atom stereocenters. The fourth-order valence-corrected chi connectivity index (χ4v) is 2.05. The third-order valence-corrected chi connectivity index (χ3v) is 3.19. The first-order valence-electron chi connectivity index (χ1n) is 7.28. The van der Waals surface area contributed by atoms with E-state index in [0.717, 1.165) is 5.56 Å². The first-order chi connectivity index (χ1) is 11.6. The van der Waals surface area contributed by atoms with Crippen molar-refractivity contribution in [2.75, 3.05) is 7.11 Å². The molecule has 0 aliphatic carbocycles. The van der Waals surface area contributed by atoms with Crippen LogP contribution in [0.5, 0.6) is 5.88 Å². The first-order valence-corrected chi connectivity index (χ1v) is 7.28. The van der Waals surface area contributed by atoms with Gasteiger partial charge in [0, 0.05) is 6.07 Å². The van der Waals surface area contributed by atoms with Gasteiger partial charge in [0.1, 0.15) is 6.61 Å². The van der Waals surface area contributed by atoms with Gasteiger partial charge in [-0.2, -0.15) is 0 Å². The van der Waals surface area contributed by atoms with Crippen molar-refractivity contribution in [2.24, 2.45) is 0 Å². The lowest BCUT2D eigenvalue weighted by molar-refractivity contribution is -0.137. The standard InChI is InChI=1S/C17H18N2O5/c1-23-15-9-5-8-13(18-15)14(10-16(20)21)19-17(22)24-11-12-6-3-2-4-7-12/h2-9,14H,10-11H2,1H3,(H,19,22)(H,20,21)/t14-/m0/s1. The minimum Gasteiger partial charge on any atom is -0.481 e. The molecule has 1 amide bonds. The van der Waals surface area contributed by atoms with Gasteiger partial charge >= 0.3 is 12.1 Å². The summed E-state index contributed by atoms with van der Waals surface area (Å²) < 4.78 is 10.1. The third-order valence-electron chi connectivity index (χ3n) is 3.19. The number of nitrogens with one attached hydrogen (secondary N) is 1. The molecule has 2 rings (SSSR count). The molecule has 0 bridgehead atoms. The molecule has 24 heavy (non-hydrogen) atoms. The van der Waals surface area contributed by atoms with E-state index in [1.165, 1.54) is 7.11 Å². The summed E-state index contributed by atoms with van der Waals surface area (Å²) in [6, 6.07) is 13.3. The largest absolute Gasteiger partial charge is 0.481 e. The molecule has 0 aliphatic rings. The Morgan fingerprint density at radius 1 is 1.17 bits per heavy atom. The highest BCUT2D eigenvalue weighted by Crippen LogP contribution is 2.18. The van der Waals surface area contributed by atoms with Gasteiger partial charge in [0.2, 0.25) is 5.88 Å². The number of rotatable bonds is 7. The molecular weight excluding hydrogens is 312 g/mol. The zero-order valence-corrected chi connectivity index (χ0v) is 13.1. The van der Waals surface area contributed by atoms with Gasteiger partial charge in [-0.3, -0.25) is 4.79 Å². The van der Waals surface area contributed by atoms with Gasteiger partial charge in [-0.05, 0) is 11.6 Å². The van der Waals surface area contributed by atoms with Crippen LogP contribution in [-0.2, 0) is 16.1 Å². The van der Waals surface area contributed by atoms with E-state index < -0.39 is 18.1 Å². The molecule has 1 aromatic heterocycles. The van der Waals surface area contributed by atoms with E-state index in [1.807, 2.05) is 30.3 Å². The Morgan fingerprint density at radius 2 is 1.92 bits per heavy atom. The number of hydrogen-bond donors (Lipinski definition) is 2. The van der Waals surface area contributed by atoms with Gasteiger partial charge in [-0.1, -0.05) is 36.4 Å². The van der Waals surface area contributed by atoms with Gasteiger partial charge in [0.25, 0.3) is 0 Å². The summed E-state index contributed by atoms with van der Waals surface area (Å²) in [6.07, 6.45) is -1.03. The van der Waals surface area contributed by atoms with Crippen LogP contribution < -0.4 is 10.1 Å². The Labute approximate surface area is 139 Å². The van der Waals surface area contributed by atoms with Crippen molar-refractivity contribution in [1.29, 1.82) is 0 Å². The van der Waals surface area contributed by atoms with Crippen molar-refractivity contribution in [3.05, 3.63) is 59.8 Å². The average molecular weight is 330 g/mol. The second-order valence-electron chi connectivity index (χ2n) is 4.96. The molecule has 0 saturated carbocycles. The zero-order chi connectivity index (χ0) is 17.4. The van der Waals surface area contributed by atoms with E-state index >= 15 is 0 Å². The van der Waals surface area contributed by atoms with Gasteiger partial charge in [0.15, 0.2) is 0 Å². The number of hydrogen-bond acceptors (Lipinski definition) is 5. The Morgan fingerprint density at radius 3 is 2.58 bits per heavy atom. The number of carbonyl (C=O) groups is 2. The molecule has 1 heterocycles. The van der Waals surface area contributed by atoms with E-state index in [0.29, 0.717) is 11.6 Å². The van der Waals surface area contributed by atoms with Gasteiger partial charge < -0.3 is 19.9 Å². The van der Waals surface area contributed by atoms with Crippen LogP contribution in [0.2, 0.25) is 0 Å². The quantitative estimate of drug-likeness (QED) is 0.809. The number of nitrogens with zero attached hydrogens (tertiary/aromatic N) is 1. The van der Waals surface area contributed by atoms with Crippen LogP contribution in [-0.4, -0.2) is 29.3 Å². The monoisotopic (exact) mass is 330 g/mol. The molecule has 0 aliphatic heterocycles. The molecule has 126 valence electrons. The highest BCUT2D eigenvalue weighted by molar-refractivity contribution is 5.71. The van der Waals surface area contributed by atoms with Crippen molar-refractivity contribution in [1.82, 2.24) is 10.3 Å². The number of aromatic nitrogens is 1. The topological polar surface area (TPSA) is 97.8 Å². The highest BCUT2D eigenvalue weighted by Gasteiger charge is 2.20. The molecule has 7 heteroatoms. The molecule has 2 aromatic rings. The molecule has 1 aromatic carbocycles. The van der Waals surface area contributed by atoms with Crippen LogP contribution in [0, 0.1) is 0 Å². The molecule has 7 nitrogen and oxygen atoms in total. The second kappa shape index (κ2) is 8.52. The van der Waals surface area contributed by atoms with E-state index in [-0.39, 0.29) is 13.0 Å². The predicted octanol–water partition coefficient (Wildman–Crippen LogP) is 2.53. The normalized spacial score (nSPS) is 11.4. The maximum Gasteiger partial charge on any atom is 0.408 e. The van der Waals surface area contributed by atoms with Crippen LogP contribution in [0.4, 0.5) is 4.79 Å². The molecule has 0 radical (unpaired) electrons. The number of carboxylic acids is 1. The summed E-state index contributed by atoms with van der Waals surface area (Å²) >= 11 is 0. The number of benzene rings is 1. The number of pyridine rings is 1. The number of alkyl carbamates (subject to hydrolysis) is 1. The van der Waals surface area contributed by atoms with Crippen LogP contribution in [0.15, 0.2) is 48.5 Å². The predicted molar refractivity (Wildman–Crippen MR) is 85.5 cm³/mol. The number of ether oxygens (including phenoxy) is 2. The fraction of sp³-hybridized carbons (Fsp3) is 0.235. The molecular formula is C17H18N2O5. The van der Waals surface area contributed by atoms with Crippen molar-refractivity contribution >= 4 is 12.1 Å². The summed E-state index contributed by atoms with van der Waals surface area (Å²) in [6.45, 7) is 0.0952. The van der Waals surface area contributed by atoms with Crippen LogP contribution >= 0.6 is 0 Å². The first kappa shape index (κ1) is 17.3. The van der Waals surface area contributed by atoms with E-state index in [4.69, 9.17) is 14.6 Å². The summed E-state index contributed by atoms with van der Waals surface area (Å²) in [5, 5.41) is 11.6. The fourth-order valence-electron chi connectivity index (χ4n) is 2.05. The number of aliphatic carboxylic acids is 1. The molecule has 0 spiro atoms. The van der Waals surface area contributed by atoms with E-state index in [1.54, 1.807) is 18.2 Å². The van der Waals surface area contributed by atoms with Gasteiger partial charge in [-0.15, -0.1) is 0 Å². The van der Waals surface area contributed by atoms with E-state index in [2.05, 4.69) is 10.3 Å². The minimum atomic E-state index is -1.06. The highest BCUT2D eigenvalue weighted by atomic mass is 16.5. The van der Waals surface area contributed by atoms with Gasteiger partial charge in [-0.25, -0.2) is 9.78 Å². The lowest BCUT2D eigenvalue weighted by Crippen LogP contribution is -2.31. The number of carbonyl (C=O) groups excluding carboxylic acids is 1. The minimum absolute atomic E-state index is 0.0952. The SMILES string of the molecule is COc1cccc([C@H](CC(=O)O)NC(=O)OCc2ccccc2)n1. The Bertz CT molecular complexity index is 690. The Balaban J connectivity index is 2.02. The van der Waals surface area contributed by atoms with Crippen molar-refractivity contribution in [2.45, 2.75) is 19.1 Å². The van der Waals surface area contributed by atoms with Crippen molar-refractivity contribution in [3.8, 4) is 5.88 Å². The Kier molecular flexibility index (Phi) is 6.13. The third kappa shape index (κ3) is 5.28. The second-order valence-corrected chi connectivity index (χ2v) is 4.96. The molecule has 0 fully saturated rings. The summed E-state index contributed by atoms with van der Waals surface area (Å²) in [5.74, 6) is -0.727. The van der Waals surface area contributed by atoms with Crippen LogP contribution in [0.1, 0.15) is 23.7 Å². The number of amides is 1. The van der Waals surface area contributed by atoms with E-state index in [9.17, 15) is 9.59 Å². The van der Waals surface area contributed by atoms with Crippen LogP contribution in [0.3, 0.4) is 0 Å². The molecule has 0 saturated heterocycles. The molecule has 2 N–H and O–H groups in total. The lowest BCUT2D eigenvalue weighted by Gasteiger charge is -2.17. The smallest absolute Gasteiger partial charge is 0.408 e. The maximum atomic E-state index is 12.0. The molecule has 0 unspecified atom stereocenters. The summed E-state index contributed by atoms with van der Waals surface area (Å²) in [4.78, 5) is 27.2. The Hall–Kier alpha value is -3.09. The van der Waals surface area contributed by atoms with Crippen molar-refractivity contribution in [3.63, 3.8) is 0 Å². The number of methoxy groups -OCH3 is 1.